The van der Waals surface area contributed by atoms with E-state index in [0.29, 0.717) is 35.6 Å². The van der Waals surface area contributed by atoms with Gasteiger partial charge >= 0.3 is 5.97 Å². The maximum absolute atomic E-state index is 12.3. The van der Waals surface area contributed by atoms with Gasteiger partial charge in [0, 0.05) is 24.0 Å². The monoisotopic (exact) mass is 358 g/mol. The number of ether oxygens (including phenoxy) is 2. The number of hydrogen-bond acceptors (Lipinski definition) is 5. The smallest absolute Gasteiger partial charge is 0.357 e. The zero-order valence-corrected chi connectivity index (χ0v) is 15.8. The quantitative estimate of drug-likeness (QED) is 0.637. The van der Waals surface area contributed by atoms with Gasteiger partial charge in [-0.25, -0.2) is 4.79 Å². The van der Waals surface area contributed by atoms with Gasteiger partial charge in [0.15, 0.2) is 5.69 Å². The summed E-state index contributed by atoms with van der Waals surface area (Å²) in [6, 6.07) is 5.55. The number of nitrogens with zero attached hydrogens (tertiary/aromatic N) is 3. The average Bonchev–Trinajstić information content (AvgIpc) is 2.97. The van der Waals surface area contributed by atoms with Crippen LogP contribution in [0.15, 0.2) is 28.5 Å². The highest BCUT2D eigenvalue weighted by Gasteiger charge is 2.23. The molecule has 3 rings (SSSR count). The minimum atomic E-state index is -0.433. The highest BCUT2D eigenvalue weighted by molar-refractivity contribution is 6.05. The van der Waals surface area contributed by atoms with E-state index in [1.54, 1.807) is 14.0 Å². The molecule has 0 radical (unpaired) electrons. The molecule has 1 saturated heterocycles. The summed E-state index contributed by atoms with van der Waals surface area (Å²) in [5.41, 5.74) is 1.60. The first-order valence-electron chi connectivity index (χ1n) is 9.05. The fourth-order valence-corrected chi connectivity index (χ4v) is 3.55. The number of H-pyrrole nitrogens is 1. The summed E-state index contributed by atoms with van der Waals surface area (Å²) in [7, 11) is 1.61. The first kappa shape index (κ1) is 18.2. The van der Waals surface area contributed by atoms with Crippen LogP contribution in [0.3, 0.4) is 0 Å². The Morgan fingerprint density at radius 3 is 2.69 bits per heavy atom. The summed E-state index contributed by atoms with van der Waals surface area (Å²) in [5.74, 6) is 1.41. The van der Waals surface area contributed by atoms with Crippen LogP contribution in [0.1, 0.15) is 37.7 Å². The van der Waals surface area contributed by atoms with Crippen LogP contribution in [-0.2, 0) is 4.74 Å². The maximum Gasteiger partial charge on any atom is 0.357 e. The third kappa shape index (κ3) is 3.81. The van der Waals surface area contributed by atoms with E-state index in [9.17, 15) is 4.79 Å². The third-order valence-corrected chi connectivity index (χ3v) is 4.58. The molecule has 0 saturated carbocycles. The van der Waals surface area contributed by atoms with Gasteiger partial charge in [-0.1, -0.05) is 19.1 Å². The SMILES string of the molecule is CCOC(=O)c1[nH]c2ccc(OC)cc2c1N=NN1C[C@@H](C)C[C@H](C)C1. The lowest BCUT2D eigenvalue weighted by Crippen LogP contribution is -2.34. The van der Waals surface area contributed by atoms with Crippen molar-refractivity contribution in [3.63, 3.8) is 0 Å². The molecule has 1 aliphatic rings. The van der Waals surface area contributed by atoms with Gasteiger partial charge in [-0.15, -0.1) is 5.11 Å². The molecule has 1 aliphatic heterocycles. The van der Waals surface area contributed by atoms with Crippen molar-refractivity contribution >= 4 is 22.6 Å². The fraction of sp³-hybridized carbons (Fsp3) is 0.526. The number of fused-ring (bicyclic) bond motifs is 1. The number of benzene rings is 1. The van der Waals surface area contributed by atoms with Gasteiger partial charge in [0.05, 0.1) is 13.7 Å². The van der Waals surface area contributed by atoms with E-state index < -0.39 is 5.97 Å². The number of hydrogen-bond donors (Lipinski definition) is 1. The molecular weight excluding hydrogens is 332 g/mol. The van der Waals surface area contributed by atoms with Crippen molar-refractivity contribution in [2.75, 3.05) is 26.8 Å². The molecule has 7 heteroatoms. The van der Waals surface area contributed by atoms with Crippen LogP contribution in [0.25, 0.3) is 10.9 Å². The largest absolute Gasteiger partial charge is 0.497 e. The highest BCUT2D eigenvalue weighted by Crippen LogP contribution is 2.34. The number of esters is 1. The predicted octanol–water partition coefficient (Wildman–Crippen LogP) is 4.33. The van der Waals surface area contributed by atoms with Crippen LogP contribution >= 0.6 is 0 Å². The van der Waals surface area contributed by atoms with E-state index in [-0.39, 0.29) is 0 Å². The number of carbonyl (C=O) groups excluding carboxylic acids is 1. The number of piperidine rings is 1. The Morgan fingerprint density at radius 2 is 2.04 bits per heavy atom. The summed E-state index contributed by atoms with van der Waals surface area (Å²) in [6.07, 6.45) is 1.20. The van der Waals surface area contributed by atoms with Crippen molar-refractivity contribution in [2.45, 2.75) is 27.2 Å². The molecular formula is C19H26N4O3. The molecule has 0 amide bonds. The van der Waals surface area contributed by atoms with Crippen molar-refractivity contribution < 1.29 is 14.3 Å². The lowest BCUT2D eigenvalue weighted by atomic mass is 9.93. The van der Waals surface area contributed by atoms with Gasteiger partial charge in [0.2, 0.25) is 0 Å². The molecule has 2 aromatic rings. The molecule has 1 N–H and O–H groups in total. The predicted molar refractivity (Wildman–Crippen MR) is 99.8 cm³/mol. The summed E-state index contributed by atoms with van der Waals surface area (Å²) < 4.78 is 10.5. The van der Waals surface area contributed by atoms with E-state index >= 15 is 0 Å². The van der Waals surface area contributed by atoms with Gasteiger partial charge in [-0.05, 0) is 43.4 Å². The number of nitrogens with one attached hydrogen (secondary N) is 1. The molecule has 0 aliphatic carbocycles. The summed E-state index contributed by atoms with van der Waals surface area (Å²) >= 11 is 0. The minimum Gasteiger partial charge on any atom is -0.497 e. The van der Waals surface area contributed by atoms with Crippen LogP contribution in [-0.4, -0.2) is 42.8 Å². The molecule has 140 valence electrons. The number of rotatable bonds is 5. The van der Waals surface area contributed by atoms with E-state index in [1.165, 1.54) is 6.42 Å². The Morgan fingerprint density at radius 1 is 1.31 bits per heavy atom. The standard InChI is InChI=1S/C19H26N4O3/c1-5-26-19(24)18-17(15-9-14(25-4)6-7-16(15)20-18)21-22-23-10-12(2)8-13(3)11-23/h6-7,9,12-13,20H,5,8,10-11H2,1-4H3/t12-,13-/m0/s1. The second-order valence-corrected chi connectivity index (χ2v) is 6.99. The van der Waals surface area contributed by atoms with Crippen molar-refractivity contribution in [3.05, 3.63) is 23.9 Å². The number of carbonyl (C=O) groups is 1. The molecule has 7 nitrogen and oxygen atoms in total. The maximum atomic E-state index is 12.3. The van der Waals surface area contributed by atoms with E-state index in [1.807, 2.05) is 23.2 Å². The van der Waals surface area contributed by atoms with Crippen LogP contribution in [0.2, 0.25) is 0 Å². The lowest BCUT2D eigenvalue weighted by molar-refractivity contribution is 0.0521. The molecule has 26 heavy (non-hydrogen) atoms. The van der Waals surface area contributed by atoms with Gasteiger partial charge < -0.3 is 14.5 Å². The Bertz CT molecular complexity index is 804. The number of aromatic nitrogens is 1. The summed E-state index contributed by atoms with van der Waals surface area (Å²) in [5, 5.41) is 11.6. The molecule has 0 spiro atoms. The van der Waals surface area contributed by atoms with Crippen LogP contribution in [0.5, 0.6) is 5.75 Å². The van der Waals surface area contributed by atoms with Gasteiger partial charge in [-0.2, -0.15) is 0 Å². The number of methoxy groups -OCH3 is 1. The molecule has 2 heterocycles. The van der Waals surface area contributed by atoms with Crippen LogP contribution < -0.4 is 4.74 Å². The van der Waals surface area contributed by atoms with E-state index in [0.717, 1.165) is 24.0 Å². The number of aromatic amines is 1. The first-order chi connectivity index (χ1) is 12.5. The van der Waals surface area contributed by atoms with Crippen molar-refractivity contribution in [2.24, 2.45) is 22.2 Å². The van der Waals surface area contributed by atoms with Crippen LogP contribution in [0, 0.1) is 11.8 Å². The van der Waals surface area contributed by atoms with E-state index in [2.05, 4.69) is 29.2 Å². The first-order valence-corrected chi connectivity index (χ1v) is 9.05. The van der Waals surface area contributed by atoms with E-state index in [4.69, 9.17) is 9.47 Å². The zero-order chi connectivity index (χ0) is 18.7. The summed E-state index contributed by atoms with van der Waals surface area (Å²) in [6.45, 7) is 8.26. The minimum absolute atomic E-state index is 0.301. The Labute approximate surface area is 153 Å². The van der Waals surface area contributed by atoms with Crippen molar-refractivity contribution in [1.29, 1.82) is 0 Å². The molecule has 1 aromatic carbocycles. The molecule has 0 bridgehead atoms. The Hall–Kier alpha value is -2.57. The van der Waals surface area contributed by atoms with Gasteiger partial charge in [-0.3, -0.25) is 5.01 Å². The second kappa shape index (κ2) is 7.76. The normalized spacial score (nSPS) is 20.7. The molecule has 1 fully saturated rings. The fourth-order valence-electron chi connectivity index (χ4n) is 3.55. The second-order valence-electron chi connectivity index (χ2n) is 6.99. The van der Waals surface area contributed by atoms with Gasteiger partial charge in [0.1, 0.15) is 11.4 Å². The van der Waals surface area contributed by atoms with Crippen LogP contribution in [0.4, 0.5) is 5.69 Å². The molecule has 0 unspecified atom stereocenters. The van der Waals surface area contributed by atoms with Crippen molar-refractivity contribution in [1.82, 2.24) is 9.99 Å². The van der Waals surface area contributed by atoms with Crippen molar-refractivity contribution in [3.8, 4) is 5.75 Å². The third-order valence-electron chi connectivity index (χ3n) is 4.58. The summed E-state index contributed by atoms with van der Waals surface area (Å²) in [4.78, 5) is 15.4. The zero-order valence-electron chi connectivity index (χ0n) is 15.8. The Kier molecular flexibility index (Phi) is 5.44. The van der Waals surface area contributed by atoms with Gasteiger partial charge in [0.25, 0.3) is 0 Å². The lowest BCUT2D eigenvalue weighted by Gasteiger charge is -2.31. The molecule has 2 atom stereocenters. The highest BCUT2D eigenvalue weighted by atomic mass is 16.5. The molecule has 1 aromatic heterocycles. The average molecular weight is 358 g/mol. The Balaban J connectivity index is 1.99. The topological polar surface area (TPSA) is 79.3 Å².